The topological polar surface area (TPSA) is 81.2 Å². The number of nitrogens with zero attached hydrogens (tertiary/aromatic N) is 3. The van der Waals surface area contributed by atoms with Gasteiger partial charge in [0.1, 0.15) is 0 Å². The van der Waals surface area contributed by atoms with Gasteiger partial charge in [0, 0.05) is 19.6 Å². The van der Waals surface area contributed by atoms with Crippen molar-refractivity contribution < 1.29 is 9.59 Å². The highest BCUT2D eigenvalue weighted by molar-refractivity contribution is 8.18. The molecule has 1 aliphatic heterocycles. The predicted octanol–water partition coefficient (Wildman–Crippen LogP) is 0.898. The summed E-state index contributed by atoms with van der Waals surface area (Å²) in [6, 6.07) is 0. The van der Waals surface area contributed by atoms with Crippen molar-refractivity contribution in [1.29, 1.82) is 0 Å². The molecule has 18 heavy (non-hydrogen) atoms. The van der Waals surface area contributed by atoms with Gasteiger partial charge in [0.05, 0.1) is 23.1 Å². The molecule has 0 spiro atoms. The Kier molecular flexibility index (Phi) is 3.83. The van der Waals surface area contributed by atoms with Crippen LogP contribution in [0.3, 0.4) is 0 Å². The van der Waals surface area contributed by atoms with E-state index in [0.29, 0.717) is 4.91 Å². The van der Waals surface area contributed by atoms with Crippen molar-refractivity contribution in [3.8, 4) is 0 Å². The van der Waals surface area contributed by atoms with Crippen LogP contribution >= 0.6 is 11.8 Å². The maximum atomic E-state index is 12.0. The van der Waals surface area contributed by atoms with Crippen molar-refractivity contribution >= 4 is 29.0 Å². The number of nitrogens with two attached hydrogens (primary N) is 1. The maximum absolute atomic E-state index is 12.0. The van der Waals surface area contributed by atoms with Crippen LogP contribution in [0, 0.1) is 0 Å². The first-order valence-corrected chi connectivity index (χ1v) is 6.44. The highest BCUT2D eigenvalue weighted by Gasteiger charge is 2.34. The van der Waals surface area contributed by atoms with Crippen LogP contribution in [0.15, 0.2) is 17.4 Å². The first kappa shape index (κ1) is 12.8. The Balaban J connectivity index is 2.25. The Morgan fingerprint density at radius 2 is 2.28 bits per heavy atom. The number of imidazole rings is 1. The van der Waals surface area contributed by atoms with Gasteiger partial charge in [-0.05, 0) is 24.8 Å². The second-order valence-corrected chi connectivity index (χ2v) is 4.72. The van der Waals surface area contributed by atoms with Crippen molar-refractivity contribution in [2.24, 2.45) is 5.73 Å². The average molecular weight is 266 g/mol. The fourth-order valence-electron chi connectivity index (χ4n) is 1.67. The number of carbonyl (C=O) groups excluding carboxylic acids is 2. The minimum Gasteiger partial charge on any atom is -0.331 e. The molecular formula is C11H14N4O2S. The summed E-state index contributed by atoms with van der Waals surface area (Å²) in [6.45, 7) is 3.28. The summed E-state index contributed by atoms with van der Waals surface area (Å²) in [6.07, 6.45) is 5.05. The summed E-state index contributed by atoms with van der Waals surface area (Å²) in [7, 11) is 0. The summed E-state index contributed by atoms with van der Waals surface area (Å²) in [5.41, 5.74) is 6.19. The molecule has 0 aliphatic carbocycles. The van der Waals surface area contributed by atoms with E-state index in [4.69, 9.17) is 5.73 Å². The summed E-state index contributed by atoms with van der Waals surface area (Å²) in [4.78, 5) is 29.2. The molecular weight excluding hydrogens is 252 g/mol. The summed E-state index contributed by atoms with van der Waals surface area (Å²) in [5.74, 6) is -0.278. The Labute approximate surface area is 109 Å². The summed E-state index contributed by atoms with van der Waals surface area (Å²) >= 11 is 0.941. The van der Waals surface area contributed by atoms with Crippen molar-refractivity contribution in [2.75, 3.05) is 13.1 Å². The molecule has 1 fully saturated rings. The first-order valence-electron chi connectivity index (χ1n) is 5.63. The van der Waals surface area contributed by atoms with E-state index < -0.39 is 0 Å². The van der Waals surface area contributed by atoms with E-state index in [1.54, 1.807) is 18.6 Å². The van der Waals surface area contributed by atoms with Gasteiger partial charge in [0.15, 0.2) is 0 Å². The summed E-state index contributed by atoms with van der Waals surface area (Å²) < 4.78 is 1.90. The van der Waals surface area contributed by atoms with Gasteiger partial charge in [-0.2, -0.15) is 0 Å². The molecule has 2 rings (SSSR count). The number of hydrogen-bond donors (Lipinski definition) is 1. The van der Waals surface area contributed by atoms with E-state index in [2.05, 4.69) is 4.98 Å². The van der Waals surface area contributed by atoms with Gasteiger partial charge in [-0.25, -0.2) is 4.98 Å². The third-order valence-electron chi connectivity index (χ3n) is 2.59. The van der Waals surface area contributed by atoms with Crippen LogP contribution in [0.4, 0.5) is 4.79 Å². The van der Waals surface area contributed by atoms with Gasteiger partial charge < -0.3 is 10.3 Å². The van der Waals surface area contributed by atoms with E-state index >= 15 is 0 Å². The monoisotopic (exact) mass is 266 g/mol. The number of carbonyl (C=O) groups is 2. The molecule has 0 aromatic carbocycles. The molecule has 96 valence electrons. The van der Waals surface area contributed by atoms with Crippen molar-refractivity contribution in [2.45, 2.75) is 13.5 Å². The molecule has 2 heterocycles. The van der Waals surface area contributed by atoms with Gasteiger partial charge >= 0.3 is 0 Å². The third-order valence-corrected chi connectivity index (χ3v) is 3.50. The highest BCUT2D eigenvalue weighted by atomic mass is 32.2. The van der Waals surface area contributed by atoms with E-state index in [1.807, 2.05) is 11.5 Å². The number of rotatable bonds is 4. The van der Waals surface area contributed by atoms with E-state index in [1.165, 1.54) is 4.90 Å². The number of imide groups is 1. The number of aryl methyl sites for hydroxylation is 1. The first-order chi connectivity index (χ1) is 8.67. The van der Waals surface area contributed by atoms with Crippen LogP contribution in [-0.4, -0.2) is 38.7 Å². The fraction of sp³-hybridized carbons (Fsp3) is 0.364. The van der Waals surface area contributed by atoms with Crippen LogP contribution in [0.25, 0.3) is 6.08 Å². The number of hydrogen-bond acceptors (Lipinski definition) is 5. The SMILES string of the molecule is CCn1cncc1C=C1SC(=O)N(CCN)C1=O. The van der Waals surface area contributed by atoms with Crippen LogP contribution < -0.4 is 5.73 Å². The van der Waals surface area contributed by atoms with E-state index in [9.17, 15) is 9.59 Å². The largest absolute Gasteiger partial charge is 0.331 e. The quantitative estimate of drug-likeness (QED) is 0.819. The minimum atomic E-state index is -0.278. The van der Waals surface area contributed by atoms with E-state index in [0.717, 1.165) is 24.0 Å². The normalized spacial score (nSPS) is 18.1. The van der Waals surface area contributed by atoms with E-state index in [-0.39, 0.29) is 24.2 Å². The average Bonchev–Trinajstić information content (AvgIpc) is 2.90. The fourth-order valence-corrected chi connectivity index (χ4v) is 2.52. The van der Waals surface area contributed by atoms with Crippen LogP contribution in [-0.2, 0) is 11.3 Å². The third kappa shape index (κ3) is 2.32. The van der Waals surface area contributed by atoms with Crippen molar-refractivity contribution in [3.63, 3.8) is 0 Å². The van der Waals surface area contributed by atoms with Gasteiger partial charge in [-0.15, -0.1) is 0 Å². The minimum absolute atomic E-state index is 0.259. The highest BCUT2D eigenvalue weighted by Crippen LogP contribution is 2.31. The lowest BCUT2D eigenvalue weighted by molar-refractivity contribution is -0.122. The molecule has 1 aliphatic rings. The lowest BCUT2D eigenvalue weighted by atomic mass is 10.3. The molecule has 0 bridgehead atoms. The standard InChI is InChI=1S/C11H14N4O2S/c1-2-14-7-13-6-8(14)5-9-10(16)15(4-3-12)11(17)18-9/h5-7H,2-4,12H2,1H3. The Morgan fingerprint density at radius 1 is 1.50 bits per heavy atom. The Hall–Kier alpha value is -1.60. The number of thioether (sulfide) groups is 1. The van der Waals surface area contributed by atoms with Crippen LogP contribution in [0.1, 0.15) is 12.6 Å². The Bertz CT molecular complexity index is 509. The molecule has 0 unspecified atom stereocenters. The maximum Gasteiger partial charge on any atom is 0.293 e. The molecule has 1 aromatic heterocycles. The molecule has 0 saturated carbocycles. The lowest BCUT2D eigenvalue weighted by Crippen LogP contribution is -2.33. The number of aromatic nitrogens is 2. The zero-order chi connectivity index (χ0) is 13.1. The lowest BCUT2D eigenvalue weighted by Gasteiger charge is -2.09. The van der Waals surface area contributed by atoms with Crippen LogP contribution in [0.2, 0.25) is 0 Å². The second-order valence-electron chi connectivity index (χ2n) is 3.73. The molecule has 2 N–H and O–H groups in total. The smallest absolute Gasteiger partial charge is 0.293 e. The zero-order valence-corrected chi connectivity index (χ0v) is 10.8. The zero-order valence-electron chi connectivity index (χ0n) is 10.00. The second kappa shape index (κ2) is 5.36. The van der Waals surface area contributed by atoms with Crippen molar-refractivity contribution in [1.82, 2.24) is 14.5 Å². The number of amides is 2. The van der Waals surface area contributed by atoms with Gasteiger partial charge in [-0.3, -0.25) is 14.5 Å². The molecule has 2 amide bonds. The van der Waals surface area contributed by atoms with Gasteiger partial charge in [0.25, 0.3) is 11.1 Å². The van der Waals surface area contributed by atoms with Gasteiger partial charge in [0.2, 0.25) is 0 Å². The molecule has 1 saturated heterocycles. The van der Waals surface area contributed by atoms with Crippen molar-refractivity contribution in [3.05, 3.63) is 23.1 Å². The molecule has 1 aromatic rings. The van der Waals surface area contributed by atoms with Crippen LogP contribution in [0.5, 0.6) is 0 Å². The summed E-state index contributed by atoms with van der Waals surface area (Å²) in [5, 5.41) is -0.265. The molecule has 7 heteroatoms. The Morgan fingerprint density at radius 3 is 2.94 bits per heavy atom. The van der Waals surface area contributed by atoms with Gasteiger partial charge in [-0.1, -0.05) is 0 Å². The predicted molar refractivity (Wildman–Crippen MR) is 69.6 cm³/mol. The molecule has 0 radical (unpaired) electrons. The molecule has 0 atom stereocenters. The molecule has 6 nitrogen and oxygen atoms in total.